The van der Waals surface area contributed by atoms with Gasteiger partial charge in [0.1, 0.15) is 4.90 Å². The average Bonchev–Trinajstić information content (AvgIpc) is 2.65. The van der Waals surface area contributed by atoms with Crippen molar-refractivity contribution in [3.8, 4) is 0 Å². The van der Waals surface area contributed by atoms with Gasteiger partial charge in [-0.15, -0.1) is 0 Å². The van der Waals surface area contributed by atoms with Crippen molar-refractivity contribution in [1.82, 2.24) is 15.5 Å². The van der Waals surface area contributed by atoms with Crippen LogP contribution in [0.4, 0.5) is 0 Å². The second-order valence-corrected chi connectivity index (χ2v) is 6.36. The van der Waals surface area contributed by atoms with Crippen molar-refractivity contribution in [2.24, 2.45) is 11.1 Å². The number of nitrogens with one attached hydrogen (secondary N) is 2. The standard InChI is InChI=1S/C11H20N4O3S/c1-7(2)5-4-6-13-11(16)9-10(19(12,17)18)8(3)14-15-9/h7H,4-6H2,1-3H3,(H,13,16)(H,14,15)(H2,12,17,18). The molecule has 0 fully saturated rings. The number of amides is 1. The lowest BCUT2D eigenvalue weighted by Gasteiger charge is -2.06. The van der Waals surface area contributed by atoms with Crippen molar-refractivity contribution in [1.29, 1.82) is 0 Å². The highest BCUT2D eigenvalue weighted by molar-refractivity contribution is 7.89. The smallest absolute Gasteiger partial charge is 0.273 e. The van der Waals surface area contributed by atoms with Crippen molar-refractivity contribution < 1.29 is 13.2 Å². The first kappa shape index (κ1) is 15.6. The topological polar surface area (TPSA) is 118 Å². The second-order valence-electron chi connectivity index (χ2n) is 4.86. The number of carbonyl (C=O) groups is 1. The monoisotopic (exact) mass is 288 g/mol. The molecule has 0 aliphatic heterocycles. The van der Waals surface area contributed by atoms with E-state index in [0.29, 0.717) is 12.5 Å². The molecule has 108 valence electrons. The zero-order valence-corrected chi connectivity index (χ0v) is 12.2. The third-order valence-electron chi connectivity index (χ3n) is 2.63. The van der Waals surface area contributed by atoms with E-state index in [1.54, 1.807) is 0 Å². The minimum Gasteiger partial charge on any atom is -0.351 e. The Morgan fingerprint density at radius 1 is 1.47 bits per heavy atom. The summed E-state index contributed by atoms with van der Waals surface area (Å²) in [4.78, 5) is 11.6. The summed E-state index contributed by atoms with van der Waals surface area (Å²) in [5, 5.41) is 13.9. The normalized spacial score (nSPS) is 11.8. The first-order valence-corrected chi connectivity index (χ1v) is 7.64. The van der Waals surface area contributed by atoms with Gasteiger partial charge in [0.25, 0.3) is 5.91 Å². The van der Waals surface area contributed by atoms with Crippen molar-refractivity contribution in [3.05, 3.63) is 11.4 Å². The average molecular weight is 288 g/mol. The van der Waals surface area contributed by atoms with Crippen LogP contribution in [-0.2, 0) is 10.0 Å². The van der Waals surface area contributed by atoms with Crippen molar-refractivity contribution in [3.63, 3.8) is 0 Å². The van der Waals surface area contributed by atoms with E-state index in [-0.39, 0.29) is 16.3 Å². The van der Waals surface area contributed by atoms with Crippen LogP contribution < -0.4 is 10.5 Å². The van der Waals surface area contributed by atoms with Crippen LogP contribution >= 0.6 is 0 Å². The molecule has 1 aromatic rings. The lowest BCUT2D eigenvalue weighted by molar-refractivity contribution is 0.0944. The SMILES string of the molecule is Cc1[nH]nc(C(=O)NCCCC(C)C)c1S(N)(=O)=O. The van der Waals surface area contributed by atoms with Crippen LogP contribution in [0.2, 0.25) is 0 Å². The van der Waals surface area contributed by atoms with E-state index in [4.69, 9.17) is 5.14 Å². The molecule has 1 amide bonds. The Morgan fingerprint density at radius 3 is 2.63 bits per heavy atom. The van der Waals surface area contributed by atoms with Gasteiger partial charge in [-0.05, 0) is 25.7 Å². The summed E-state index contributed by atoms with van der Waals surface area (Å²) >= 11 is 0. The van der Waals surface area contributed by atoms with Crippen LogP contribution in [0.1, 0.15) is 42.9 Å². The molecule has 0 spiro atoms. The predicted molar refractivity (Wildman–Crippen MR) is 71.1 cm³/mol. The highest BCUT2D eigenvalue weighted by Gasteiger charge is 2.25. The van der Waals surface area contributed by atoms with Gasteiger partial charge in [-0.2, -0.15) is 5.10 Å². The Balaban J connectivity index is 2.74. The number of hydrogen-bond donors (Lipinski definition) is 3. The van der Waals surface area contributed by atoms with Crippen LogP contribution in [0, 0.1) is 12.8 Å². The number of hydrogen-bond acceptors (Lipinski definition) is 4. The molecule has 0 saturated heterocycles. The van der Waals surface area contributed by atoms with Crippen molar-refractivity contribution >= 4 is 15.9 Å². The minimum atomic E-state index is -3.96. The molecule has 0 radical (unpaired) electrons. The number of carbonyl (C=O) groups excluding carboxylic acids is 1. The molecule has 0 aliphatic carbocycles. The van der Waals surface area contributed by atoms with E-state index < -0.39 is 15.9 Å². The number of aromatic amines is 1. The van der Waals surface area contributed by atoms with E-state index in [9.17, 15) is 13.2 Å². The molecule has 0 saturated carbocycles. The van der Waals surface area contributed by atoms with Gasteiger partial charge < -0.3 is 5.32 Å². The van der Waals surface area contributed by atoms with Crippen LogP contribution in [-0.4, -0.2) is 31.1 Å². The fourth-order valence-corrected chi connectivity index (χ4v) is 2.60. The molecule has 19 heavy (non-hydrogen) atoms. The third kappa shape index (κ3) is 4.32. The molecular weight excluding hydrogens is 268 g/mol. The number of nitrogens with zero attached hydrogens (tertiary/aromatic N) is 1. The summed E-state index contributed by atoms with van der Waals surface area (Å²) in [6.07, 6.45) is 1.82. The zero-order chi connectivity index (χ0) is 14.6. The van der Waals surface area contributed by atoms with Crippen molar-refractivity contribution in [2.75, 3.05) is 6.54 Å². The number of nitrogens with two attached hydrogens (primary N) is 1. The van der Waals surface area contributed by atoms with Gasteiger partial charge >= 0.3 is 0 Å². The highest BCUT2D eigenvalue weighted by Crippen LogP contribution is 2.15. The molecule has 1 heterocycles. The molecule has 0 aromatic carbocycles. The van der Waals surface area contributed by atoms with E-state index >= 15 is 0 Å². The third-order valence-corrected chi connectivity index (χ3v) is 3.70. The lowest BCUT2D eigenvalue weighted by Crippen LogP contribution is -2.27. The summed E-state index contributed by atoms with van der Waals surface area (Å²) in [5.74, 6) is 0.0293. The highest BCUT2D eigenvalue weighted by atomic mass is 32.2. The maximum atomic E-state index is 11.9. The van der Waals surface area contributed by atoms with Gasteiger partial charge in [0.05, 0.1) is 5.69 Å². The number of sulfonamides is 1. The number of H-pyrrole nitrogens is 1. The van der Waals surface area contributed by atoms with Crippen molar-refractivity contribution in [2.45, 2.75) is 38.5 Å². The largest absolute Gasteiger partial charge is 0.351 e. The van der Waals surface area contributed by atoms with E-state index in [0.717, 1.165) is 12.8 Å². The van der Waals surface area contributed by atoms with Gasteiger partial charge in [0.15, 0.2) is 5.69 Å². The molecule has 0 aliphatic rings. The Kier molecular flexibility index (Phi) is 5.07. The Labute approximate surface area is 113 Å². The summed E-state index contributed by atoms with van der Waals surface area (Å²) in [6.45, 7) is 6.17. The number of aromatic nitrogens is 2. The molecule has 4 N–H and O–H groups in total. The second kappa shape index (κ2) is 6.16. The van der Waals surface area contributed by atoms with Crippen LogP contribution in [0.15, 0.2) is 4.90 Å². The maximum absolute atomic E-state index is 11.9. The Bertz CT molecular complexity index is 548. The summed E-state index contributed by atoms with van der Waals surface area (Å²) in [7, 11) is -3.96. The van der Waals surface area contributed by atoms with Crippen LogP contribution in [0.3, 0.4) is 0 Å². The van der Waals surface area contributed by atoms with Gasteiger partial charge in [-0.1, -0.05) is 13.8 Å². The molecule has 1 aromatic heterocycles. The summed E-state index contributed by atoms with van der Waals surface area (Å²) in [6, 6.07) is 0. The number of aryl methyl sites for hydroxylation is 1. The first-order valence-electron chi connectivity index (χ1n) is 6.09. The molecule has 8 heteroatoms. The van der Waals surface area contributed by atoms with Gasteiger partial charge in [-0.3, -0.25) is 9.89 Å². The minimum absolute atomic E-state index is 0.176. The molecule has 0 atom stereocenters. The van der Waals surface area contributed by atoms with Crippen LogP contribution in [0.5, 0.6) is 0 Å². The lowest BCUT2D eigenvalue weighted by atomic mass is 10.1. The van der Waals surface area contributed by atoms with E-state index in [2.05, 4.69) is 29.4 Å². The molecule has 0 unspecified atom stereocenters. The molecule has 1 rings (SSSR count). The van der Waals surface area contributed by atoms with Gasteiger partial charge in [-0.25, -0.2) is 13.6 Å². The maximum Gasteiger partial charge on any atom is 0.273 e. The fraction of sp³-hybridized carbons (Fsp3) is 0.636. The molecular formula is C11H20N4O3S. The van der Waals surface area contributed by atoms with Gasteiger partial charge in [0.2, 0.25) is 10.0 Å². The Morgan fingerprint density at radius 2 is 2.11 bits per heavy atom. The first-order chi connectivity index (χ1) is 8.73. The zero-order valence-electron chi connectivity index (χ0n) is 11.4. The fourth-order valence-electron chi connectivity index (χ4n) is 1.72. The Hall–Kier alpha value is -1.41. The van der Waals surface area contributed by atoms with E-state index in [1.165, 1.54) is 6.92 Å². The molecule has 7 nitrogen and oxygen atoms in total. The summed E-state index contributed by atoms with van der Waals surface area (Å²) in [5.41, 5.74) is 0.0828. The number of primary sulfonamides is 1. The summed E-state index contributed by atoms with van der Waals surface area (Å²) < 4.78 is 22.8. The van der Waals surface area contributed by atoms with Gasteiger partial charge in [0, 0.05) is 6.54 Å². The van der Waals surface area contributed by atoms with E-state index in [1.807, 2.05) is 0 Å². The predicted octanol–water partition coefficient (Wildman–Crippen LogP) is 0.532. The molecule has 0 bridgehead atoms. The quantitative estimate of drug-likeness (QED) is 0.662. The van der Waals surface area contributed by atoms with Crippen LogP contribution in [0.25, 0.3) is 0 Å². The number of rotatable bonds is 6.